The molecule has 1 amide bonds. The Bertz CT molecular complexity index is 1470. The highest BCUT2D eigenvalue weighted by molar-refractivity contribution is 6.56. The Morgan fingerprint density at radius 3 is 2.12 bits per heavy atom. The largest absolute Gasteiger partial charge is 0.497 e. The van der Waals surface area contributed by atoms with Gasteiger partial charge < -0.3 is 29.2 Å². The molecule has 1 aliphatic carbocycles. The fourth-order valence-corrected chi connectivity index (χ4v) is 5.38. The zero-order valence-corrected chi connectivity index (χ0v) is 24.6. The fraction of sp³-hybridized carbons (Fsp3) is 0.333. The van der Waals surface area contributed by atoms with E-state index in [2.05, 4.69) is 29.6 Å². The van der Waals surface area contributed by atoms with Crippen LogP contribution in [0.3, 0.4) is 0 Å². The molecule has 1 fully saturated rings. The van der Waals surface area contributed by atoms with Crippen molar-refractivity contribution in [3.05, 3.63) is 94.5 Å². The normalized spacial score (nSPS) is 17.0. The first kappa shape index (κ1) is 29.4. The Morgan fingerprint density at radius 1 is 0.952 bits per heavy atom. The van der Waals surface area contributed by atoms with Crippen LogP contribution in [0, 0.1) is 0 Å². The molecule has 0 aromatic heterocycles. The number of methoxy groups -OCH3 is 1. The Labute approximate surface area is 246 Å². The second-order valence-electron chi connectivity index (χ2n) is 11.6. The molecule has 0 bridgehead atoms. The number of alkyl carbamates (subject to hydrolysis) is 1. The van der Waals surface area contributed by atoms with Gasteiger partial charge in [-0.3, -0.25) is 4.79 Å². The number of ether oxygens (including phenoxy) is 2. The molecule has 5 rings (SSSR count). The molecule has 9 heteroatoms. The third-order valence-corrected chi connectivity index (χ3v) is 8.37. The first-order valence-electron chi connectivity index (χ1n) is 14.0. The van der Waals surface area contributed by atoms with Crippen molar-refractivity contribution in [2.75, 3.05) is 20.3 Å². The molecule has 3 aromatic carbocycles. The van der Waals surface area contributed by atoms with Gasteiger partial charge in [0.1, 0.15) is 12.4 Å². The van der Waals surface area contributed by atoms with E-state index >= 15 is 0 Å². The summed E-state index contributed by atoms with van der Waals surface area (Å²) in [5.41, 5.74) is 5.20. The SMILES string of the molecule is COc1ccc(CC(=O)O)c(C=C(CNC(=O)OCC2c3ccccc3-c3ccccc32)B2OC(C)(C)C(C)(C)O2)c1. The van der Waals surface area contributed by atoms with Crippen LogP contribution in [0.15, 0.2) is 72.2 Å². The van der Waals surface area contributed by atoms with E-state index in [4.69, 9.17) is 18.8 Å². The molecule has 2 aliphatic rings. The van der Waals surface area contributed by atoms with Crippen LogP contribution in [-0.4, -0.2) is 55.8 Å². The molecule has 42 heavy (non-hydrogen) atoms. The van der Waals surface area contributed by atoms with Gasteiger partial charge in [0.2, 0.25) is 0 Å². The summed E-state index contributed by atoms with van der Waals surface area (Å²) in [5.74, 6) is -0.437. The number of amides is 1. The highest BCUT2D eigenvalue weighted by Crippen LogP contribution is 2.44. The predicted molar refractivity (Wildman–Crippen MR) is 161 cm³/mol. The zero-order chi connectivity index (χ0) is 30.1. The summed E-state index contributed by atoms with van der Waals surface area (Å²) in [6.45, 7) is 8.05. The van der Waals surface area contributed by atoms with Crippen LogP contribution >= 0.6 is 0 Å². The van der Waals surface area contributed by atoms with Crippen molar-refractivity contribution in [2.24, 2.45) is 0 Å². The van der Waals surface area contributed by atoms with Gasteiger partial charge >= 0.3 is 19.2 Å². The van der Waals surface area contributed by atoms with Gasteiger partial charge in [-0.2, -0.15) is 0 Å². The van der Waals surface area contributed by atoms with E-state index in [1.165, 1.54) is 0 Å². The average molecular weight is 569 g/mol. The predicted octanol–water partition coefficient (Wildman–Crippen LogP) is 5.88. The summed E-state index contributed by atoms with van der Waals surface area (Å²) in [4.78, 5) is 24.6. The van der Waals surface area contributed by atoms with Crippen LogP contribution in [0.1, 0.15) is 55.9 Å². The number of benzene rings is 3. The lowest BCUT2D eigenvalue weighted by Gasteiger charge is -2.32. The van der Waals surface area contributed by atoms with E-state index in [9.17, 15) is 14.7 Å². The molecule has 0 saturated carbocycles. The maximum absolute atomic E-state index is 13.0. The molecular formula is C33H36BNO7. The van der Waals surface area contributed by atoms with Crippen molar-refractivity contribution in [1.29, 1.82) is 0 Å². The second-order valence-corrected chi connectivity index (χ2v) is 11.6. The molecule has 0 radical (unpaired) electrons. The Morgan fingerprint density at radius 2 is 1.55 bits per heavy atom. The van der Waals surface area contributed by atoms with Crippen molar-refractivity contribution in [2.45, 2.75) is 51.2 Å². The molecule has 0 spiro atoms. The zero-order valence-electron chi connectivity index (χ0n) is 24.6. The van der Waals surface area contributed by atoms with Gasteiger partial charge in [0.25, 0.3) is 0 Å². The molecule has 2 N–H and O–H groups in total. The van der Waals surface area contributed by atoms with E-state index in [1.807, 2.05) is 52.0 Å². The van der Waals surface area contributed by atoms with Crippen LogP contribution in [0.25, 0.3) is 17.2 Å². The molecule has 0 atom stereocenters. The van der Waals surface area contributed by atoms with Crippen molar-refractivity contribution < 1.29 is 33.5 Å². The molecule has 1 saturated heterocycles. The fourth-order valence-electron chi connectivity index (χ4n) is 5.38. The summed E-state index contributed by atoms with van der Waals surface area (Å²) in [7, 11) is 0.779. The van der Waals surface area contributed by atoms with Crippen molar-refractivity contribution >= 4 is 25.3 Å². The van der Waals surface area contributed by atoms with Gasteiger partial charge in [0, 0.05) is 12.5 Å². The van der Waals surface area contributed by atoms with Crippen LogP contribution in [0.5, 0.6) is 5.75 Å². The van der Waals surface area contributed by atoms with Gasteiger partial charge in [-0.05, 0) is 78.7 Å². The third-order valence-electron chi connectivity index (χ3n) is 8.37. The van der Waals surface area contributed by atoms with Crippen LogP contribution < -0.4 is 10.1 Å². The average Bonchev–Trinajstić information content (AvgIpc) is 3.39. The molecule has 1 aliphatic heterocycles. The number of nitrogens with one attached hydrogen (secondary N) is 1. The van der Waals surface area contributed by atoms with Crippen molar-refractivity contribution in [3.8, 4) is 16.9 Å². The number of carbonyl (C=O) groups excluding carboxylic acids is 1. The second kappa shape index (κ2) is 11.7. The first-order chi connectivity index (χ1) is 20.0. The Hall–Kier alpha value is -4.08. The van der Waals surface area contributed by atoms with Gasteiger partial charge in [-0.25, -0.2) is 4.79 Å². The lowest BCUT2D eigenvalue weighted by molar-refractivity contribution is -0.136. The van der Waals surface area contributed by atoms with E-state index in [0.29, 0.717) is 22.3 Å². The smallest absolute Gasteiger partial charge is 0.492 e. The molecular weight excluding hydrogens is 533 g/mol. The standard InChI is InChI=1S/C33H36BNO7/c1-32(2)33(3,4)42-34(41-32)23(16-22-17-24(39-5)15-14-21(22)18-30(36)37)19-35-31(38)40-20-29-27-12-8-6-10-25(27)26-11-7-9-13-28(26)29/h6-17,29H,18-20H2,1-5H3,(H,35,38)(H,36,37). The Kier molecular flexibility index (Phi) is 8.17. The van der Waals surface area contributed by atoms with Crippen molar-refractivity contribution in [3.63, 3.8) is 0 Å². The van der Waals surface area contributed by atoms with E-state index < -0.39 is 30.4 Å². The minimum Gasteiger partial charge on any atom is -0.497 e. The minimum atomic E-state index is -0.955. The minimum absolute atomic E-state index is 0.0587. The van der Waals surface area contributed by atoms with Crippen LogP contribution in [-0.2, 0) is 25.3 Å². The van der Waals surface area contributed by atoms with E-state index in [-0.39, 0.29) is 25.5 Å². The maximum atomic E-state index is 13.0. The summed E-state index contributed by atoms with van der Waals surface area (Å²) in [5, 5.41) is 12.3. The number of aliphatic carboxylic acids is 1. The van der Waals surface area contributed by atoms with Gasteiger partial charge in [-0.15, -0.1) is 0 Å². The number of rotatable bonds is 9. The first-order valence-corrected chi connectivity index (χ1v) is 14.0. The molecule has 0 unspecified atom stereocenters. The van der Waals surface area contributed by atoms with Crippen molar-refractivity contribution in [1.82, 2.24) is 5.32 Å². The number of hydrogen-bond acceptors (Lipinski definition) is 6. The molecule has 218 valence electrons. The topological polar surface area (TPSA) is 103 Å². The van der Waals surface area contributed by atoms with Crippen LogP contribution in [0.2, 0.25) is 0 Å². The van der Waals surface area contributed by atoms with Gasteiger partial charge in [0.05, 0.1) is 24.7 Å². The third kappa shape index (κ3) is 5.94. The summed E-state index contributed by atoms with van der Waals surface area (Å²) >= 11 is 0. The molecule has 1 heterocycles. The van der Waals surface area contributed by atoms with E-state index in [0.717, 1.165) is 22.3 Å². The number of hydrogen-bond donors (Lipinski definition) is 2. The van der Waals surface area contributed by atoms with Crippen LogP contribution in [0.4, 0.5) is 4.79 Å². The maximum Gasteiger partial charge on any atom is 0.492 e. The quantitative estimate of drug-likeness (QED) is 0.311. The Balaban J connectivity index is 1.36. The highest BCUT2D eigenvalue weighted by atomic mass is 16.7. The molecule has 3 aromatic rings. The summed E-state index contributed by atoms with van der Waals surface area (Å²) < 4.78 is 23.7. The number of carboxylic acids is 1. The molecule has 8 nitrogen and oxygen atoms in total. The van der Waals surface area contributed by atoms with Gasteiger partial charge in [-0.1, -0.05) is 60.7 Å². The summed E-state index contributed by atoms with van der Waals surface area (Å²) in [6.07, 6.45) is 1.05. The van der Waals surface area contributed by atoms with Gasteiger partial charge in [0.15, 0.2) is 0 Å². The monoisotopic (exact) mass is 569 g/mol. The number of carboxylic acid groups (broad SMARTS) is 1. The number of carbonyl (C=O) groups is 2. The highest BCUT2D eigenvalue weighted by Gasteiger charge is 2.52. The lowest BCUT2D eigenvalue weighted by Crippen LogP contribution is -2.41. The number of fused-ring (bicyclic) bond motifs is 3. The summed E-state index contributed by atoms with van der Waals surface area (Å²) in [6, 6.07) is 21.5. The lowest BCUT2D eigenvalue weighted by atomic mass is 9.76. The van der Waals surface area contributed by atoms with E-state index in [1.54, 1.807) is 31.4 Å².